The normalized spacial score (nSPS) is 11.6. The maximum atomic E-state index is 12.2. The maximum absolute atomic E-state index is 12.2. The zero-order chi connectivity index (χ0) is 23.7. The zero-order valence-electron chi connectivity index (χ0n) is 21.4. The fourth-order valence-corrected chi connectivity index (χ4v) is 4.05. The van der Waals surface area contributed by atoms with Gasteiger partial charge in [0.15, 0.2) is 0 Å². The first kappa shape index (κ1) is 30.7. The molecule has 0 aliphatic carbocycles. The van der Waals surface area contributed by atoms with Crippen LogP contribution >= 0.6 is 0 Å². The molecule has 0 bridgehead atoms. The third kappa shape index (κ3) is 21.9. The van der Waals surface area contributed by atoms with Gasteiger partial charge in [0.1, 0.15) is 0 Å². The maximum Gasteiger partial charge on any atom is 0.334 e. The van der Waals surface area contributed by atoms with Crippen LogP contribution in [0.1, 0.15) is 149 Å². The quantitative estimate of drug-likeness (QED) is 0.0913. The van der Waals surface area contributed by atoms with Crippen molar-refractivity contribution in [2.75, 3.05) is 6.61 Å². The van der Waals surface area contributed by atoms with Gasteiger partial charge in [-0.25, -0.2) is 4.79 Å². The Bertz CT molecular complexity index is 473. The highest BCUT2D eigenvalue weighted by molar-refractivity contribution is 5.97. The molecule has 0 aromatic carbocycles. The van der Waals surface area contributed by atoms with Gasteiger partial charge in [0, 0.05) is 11.6 Å². The molecule has 0 radical (unpaired) electrons. The molecule has 0 aromatic rings. The second-order valence-corrected chi connectivity index (χ2v) is 9.32. The Hall–Kier alpha value is -1.32. The van der Waals surface area contributed by atoms with Gasteiger partial charge in [-0.1, -0.05) is 129 Å². The second kappa shape index (κ2) is 24.3. The molecule has 4 heteroatoms. The SMILES string of the molecule is CCCCCCCCCCCCCCCCCCC(=CC(N)=O)C(=O)OCCCCCC. The number of amides is 1. The van der Waals surface area contributed by atoms with E-state index >= 15 is 0 Å². The smallest absolute Gasteiger partial charge is 0.334 e. The molecule has 0 rings (SSSR count). The Balaban J connectivity index is 3.63. The van der Waals surface area contributed by atoms with E-state index in [1.807, 2.05) is 0 Å². The van der Waals surface area contributed by atoms with Crippen LogP contribution < -0.4 is 5.73 Å². The summed E-state index contributed by atoms with van der Waals surface area (Å²) in [5.41, 5.74) is 5.69. The molecule has 0 spiro atoms. The lowest BCUT2D eigenvalue weighted by molar-refractivity contribution is -0.139. The molecular formula is C28H53NO3. The molecule has 0 saturated carbocycles. The third-order valence-electron chi connectivity index (χ3n) is 6.11. The second-order valence-electron chi connectivity index (χ2n) is 9.32. The largest absolute Gasteiger partial charge is 0.462 e. The van der Waals surface area contributed by atoms with Crippen LogP contribution in [-0.2, 0) is 14.3 Å². The van der Waals surface area contributed by atoms with Gasteiger partial charge in [-0.05, 0) is 19.3 Å². The highest BCUT2D eigenvalue weighted by atomic mass is 16.5. The molecule has 0 fully saturated rings. The van der Waals surface area contributed by atoms with Crippen LogP contribution in [0.5, 0.6) is 0 Å². The van der Waals surface area contributed by atoms with Gasteiger partial charge in [0.25, 0.3) is 0 Å². The van der Waals surface area contributed by atoms with Crippen molar-refractivity contribution in [1.29, 1.82) is 0 Å². The van der Waals surface area contributed by atoms with Crippen LogP contribution in [0.25, 0.3) is 0 Å². The molecule has 0 heterocycles. The Morgan fingerprint density at radius 1 is 0.594 bits per heavy atom. The first-order valence-corrected chi connectivity index (χ1v) is 13.8. The summed E-state index contributed by atoms with van der Waals surface area (Å²) in [7, 11) is 0. The number of unbranched alkanes of at least 4 members (excludes halogenated alkanes) is 18. The molecule has 0 aromatic heterocycles. The minimum absolute atomic E-state index is 0.374. The van der Waals surface area contributed by atoms with Crippen molar-refractivity contribution >= 4 is 11.9 Å². The summed E-state index contributed by atoms with van der Waals surface area (Å²) in [4.78, 5) is 23.4. The van der Waals surface area contributed by atoms with Crippen LogP contribution in [0, 0.1) is 0 Å². The van der Waals surface area contributed by atoms with Gasteiger partial charge >= 0.3 is 5.97 Å². The fraction of sp³-hybridized carbons (Fsp3) is 0.857. The minimum Gasteiger partial charge on any atom is -0.462 e. The summed E-state index contributed by atoms with van der Waals surface area (Å²) in [6.07, 6.45) is 27.1. The van der Waals surface area contributed by atoms with E-state index in [1.54, 1.807) is 0 Å². The van der Waals surface area contributed by atoms with Gasteiger partial charge in [0.05, 0.1) is 6.61 Å². The molecule has 0 atom stereocenters. The Kier molecular flexibility index (Phi) is 23.3. The Morgan fingerprint density at radius 3 is 1.38 bits per heavy atom. The minimum atomic E-state index is -0.570. The number of esters is 1. The number of carbonyl (C=O) groups excluding carboxylic acids is 2. The number of nitrogens with two attached hydrogens (primary N) is 1. The number of hydrogen-bond acceptors (Lipinski definition) is 3. The molecular weight excluding hydrogens is 398 g/mol. The number of carbonyl (C=O) groups is 2. The van der Waals surface area contributed by atoms with E-state index in [-0.39, 0.29) is 5.97 Å². The molecule has 1 amide bonds. The van der Waals surface area contributed by atoms with Crippen LogP contribution in [0.4, 0.5) is 0 Å². The van der Waals surface area contributed by atoms with E-state index in [9.17, 15) is 9.59 Å². The van der Waals surface area contributed by atoms with Crippen LogP contribution in [0.3, 0.4) is 0 Å². The van der Waals surface area contributed by atoms with Crippen molar-refractivity contribution in [3.63, 3.8) is 0 Å². The van der Waals surface area contributed by atoms with Crippen molar-refractivity contribution in [2.45, 2.75) is 149 Å². The van der Waals surface area contributed by atoms with Crippen molar-refractivity contribution < 1.29 is 14.3 Å². The Labute approximate surface area is 199 Å². The highest BCUT2D eigenvalue weighted by Crippen LogP contribution is 2.16. The predicted octanol–water partition coefficient (Wildman–Crippen LogP) is 8.17. The topological polar surface area (TPSA) is 69.4 Å². The standard InChI is InChI=1S/C28H53NO3/c1-3-5-7-9-10-11-12-13-14-15-16-17-18-19-20-21-23-26(25-27(29)30)28(31)32-24-22-8-6-4-2/h25H,3-24H2,1-2H3,(H2,29,30). The summed E-state index contributed by atoms with van der Waals surface area (Å²) in [6.45, 7) is 4.85. The van der Waals surface area contributed by atoms with Crippen LogP contribution in [0.15, 0.2) is 11.6 Å². The lowest BCUT2D eigenvalue weighted by atomic mass is 10.0. The van der Waals surface area contributed by atoms with Gasteiger partial charge < -0.3 is 10.5 Å². The molecule has 2 N–H and O–H groups in total. The average Bonchev–Trinajstić information content (AvgIpc) is 2.77. The number of primary amides is 1. The van der Waals surface area contributed by atoms with Crippen molar-refractivity contribution in [3.8, 4) is 0 Å². The highest BCUT2D eigenvalue weighted by Gasteiger charge is 2.12. The molecule has 0 aliphatic heterocycles. The predicted molar refractivity (Wildman–Crippen MR) is 137 cm³/mol. The summed E-state index contributed by atoms with van der Waals surface area (Å²) in [5, 5.41) is 0. The van der Waals surface area contributed by atoms with Crippen molar-refractivity contribution in [1.82, 2.24) is 0 Å². The summed E-state index contributed by atoms with van der Waals surface area (Å²) >= 11 is 0. The molecule has 188 valence electrons. The van der Waals surface area contributed by atoms with E-state index in [0.717, 1.165) is 38.5 Å². The van der Waals surface area contributed by atoms with Crippen molar-refractivity contribution in [2.24, 2.45) is 5.73 Å². The zero-order valence-corrected chi connectivity index (χ0v) is 21.4. The Morgan fingerprint density at radius 2 is 0.969 bits per heavy atom. The fourth-order valence-electron chi connectivity index (χ4n) is 4.05. The van der Waals surface area contributed by atoms with E-state index < -0.39 is 5.91 Å². The molecule has 0 saturated heterocycles. The van der Waals surface area contributed by atoms with Crippen molar-refractivity contribution in [3.05, 3.63) is 11.6 Å². The first-order chi connectivity index (χ1) is 15.6. The molecule has 32 heavy (non-hydrogen) atoms. The third-order valence-corrected chi connectivity index (χ3v) is 6.11. The summed E-state index contributed by atoms with van der Waals surface area (Å²) in [5.74, 6) is -0.944. The molecule has 0 aliphatic rings. The van der Waals surface area contributed by atoms with Crippen LogP contribution in [0.2, 0.25) is 0 Å². The summed E-state index contributed by atoms with van der Waals surface area (Å²) < 4.78 is 5.32. The lowest BCUT2D eigenvalue weighted by Crippen LogP contribution is -2.14. The van der Waals surface area contributed by atoms with Crippen LogP contribution in [-0.4, -0.2) is 18.5 Å². The van der Waals surface area contributed by atoms with Gasteiger partial charge in [-0.3, -0.25) is 4.79 Å². The molecule has 4 nitrogen and oxygen atoms in total. The number of hydrogen-bond donors (Lipinski definition) is 1. The number of ether oxygens (including phenoxy) is 1. The van der Waals surface area contributed by atoms with Gasteiger partial charge in [-0.15, -0.1) is 0 Å². The van der Waals surface area contributed by atoms with E-state index in [1.165, 1.54) is 96.0 Å². The van der Waals surface area contributed by atoms with Gasteiger partial charge in [-0.2, -0.15) is 0 Å². The lowest BCUT2D eigenvalue weighted by Gasteiger charge is -2.08. The number of rotatable bonds is 24. The first-order valence-electron chi connectivity index (χ1n) is 13.8. The van der Waals surface area contributed by atoms with E-state index in [2.05, 4.69) is 13.8 Å². The monoisotopic (exact) mass is 451 g/mol. The molecule has 0 unspecified atom stereocenters. The van der Waals surface area contributed by atoms with Gasteiger partial charge in [0.2, 0.25) is 5.91 Å². The van der Waals surface area contributed by atoms with E-state index in [0.29, 0.717) is 18.6 Å². The summed E-state index contributed by atoms with van der Waals surface area (Å²) in [6, 6.07) is 0. The van der Waals surface area contributed by atoms with E-state index in [4.69, 9.17) is 10.5 Å². The average molecular weight is 452 g/mol.